The molecular formula is C18H22N2. The van der Waals surface area contributed by atoms with Crippen LogP contribution >= 0.6 is 0 Å². The normalized spacial score (nSPS) is 16.7. The molecule has 2 nitrogen and oxygen atoms in total. The highest BCUT2D eigenvalue weighted by Crippen LogP contribution is 2.26. The number of benzene rings is 1. The van der Waals surface area contributed by atoms with Crippen LogP contribution in [-0.4, -0.2) is 4.98 Å². The number of aryl methyl sites for hydroxylation is 2. The summed E-state index contributed by atoms with van der Waals surface area (Å²) in [5.41, 5.74) is 5.72. The molecule has 1 aliphatic carbocycles. The van der Waals surface area contributed by atoms with Crippen molar-refractivity contribution in [2.75, 3.05) is 0 Å². The van der Waals surface area contributed by atoms with Crippen LogP contribution in [0.3, 0.4) is 0 Å². The molecule has 0 bridgehead atoms. The van der Waals surface area contributed by atoms with Gasteiger partial charge in [-0.3, -0.25) is 4.98 Å². The van der Waals surface area contributed by atoms with Crippen molar-refractivity contribution in [1.29, 1.82) is 0 Å². The largest absolute Gasteiger partial charge is 0.304 e. The lowest BCUT2D eigenvalue weighted by Gasteiger charge is -2.21. The first kappa shape index (κ1) is 13.3. The molecule has 2 aromatic rings. The summed E-state index contributed by atoms with van der Waals surface area (Å²) in [6.45, 7) is 4.43. The lowest BCUT2D eigenvalue weighted by atomic mass is 10.0. The van der Waals surface area contributed by atoms with E-state index in [1.54, 1.807) is 11.1 Å². The van der Waals surface area contributed by atoms with E-state index in [-0.39, 0.29) is 0 Å². The van der Waals surface area contributed by atoms with Gasteiger partial charge < -0.3 is 5.32 Å². The van der Waals surface area contributed by atoms with Gasteiger partial charge in [-0.2, -0.15) is 0 Å². The monoisotopic (exact) mass is 266 g/mol. The van der Waals surface area contributed by atoms with Crippen molar-refractivity contribution >= 4 is 0 Å². The van der Waals surface area contributed by atoms with Gasteiger partial charge in [0.15, 0.2) is 0 Å². The molecule has 1 heterocycles. The number of nitrogens with one attached hydrogen (secondary N) is 1. The summed E-state index contributed by atoms with van der Waals surface area (Å²) < 4.78 is 0. The second kappa shape index (κ2) is 5.76. The van der Waals surface area contributed by atoms with Crippen LogP contribution in [0.25, 0.3) is 0 Å². The number of nitrogens with zero attached hydrogens (tertiary/aromatic N) is 1. The zero-order valence-corrected chi connectivity index (χ0v) is 12.3. The van der Waals surface area contributed by atoms with E-state index in [1.807, 2.05) is 18.5 Å². The van der Waals surface area contributed by atoms with Gasteiger partial charge in [0.1, 0.15) is 0 Å². The Morgan fingerprint density at radius 2 is 1.80 bits per heavy atom. The molecule has 0 amide bonds. The second-order valence-electron chi connectivity index (χ2n) is 5.78. The molecule has 0 spiro atoms. The van der Waals surface area contributed by atoms with Crippen LogP contribution in [0.2, 0.25) is 0 Å². The van der Waals surface area contributed by atoms with Crippen molar-refractivity contribution in [3.05, 3.63) is 65.0 Å². The number of hydrogen-bond donors (Lipinski definition) is 1. The summed E-state index contributed by atoms with van der Waals surface area (Å²) >= 11 is 0. The van der Waals surface area contributed by atoms with E-state index >= 15 is 0 Å². The standard InChI is InChI=1S/C18H22N2/c1-13(20-14(2)18-7-4-10-19-12-18)16-9-8-15-5-3-6-17(15)11-16/h4,7-14,20H,3,5-6H2,1-2H3/t13?,14-/m1/s1. The van der Waals surface area contributed by atoms with Gasteiger partial charge in [0.25, 0.3) is 0 Å². The van der Waals surface area contributed by atoms with Gasteiger partial charge in [-0.15, -0.1) is 0 Å². The fourth-order valence-corrected chi connectivity index (χ4v) is 3.06. The van der Waals surface area contributed by atoms with E-state index < -0.39 is 0 Å². The topological polar surface area (TPSA) is 24.9 Å². The van der Waals surface area contributed by atoms with Gasteiger partial charge in [0, 0.05) is 24.5 Å². The molecule has 1 unspecified atom stereocenters. The molecule has 0 fully saturated rings. The van der Waals surface area contributed by atoms with Gasteiger partial charge in [-0.25, -0.2) is 0 Å². The molecule has 104 valence electrons. The van der Waals surface area contributed by atoms with Gasteiger partial charge in [-0.1, -0.05) is 24.3 Å². The highest BCUT2D eigenvalue weighted by atomic mass is 14.9. The Kier molecular flexibility index (Phi) is 3.83. The third-order valence-corrected chi connectivity index (χ3v) is 4.31. The number of rotatable bonds is 4. The van der Waals surface area contributed by atoms with E-state index in [0.717, 1.165) is 0 Å². The Labute approximate surface area is 121 Å². The molecular weight excluding hydrogens is 244 g/mol. The van der Waals surface area contributed by atoms with Crippen LogP contribution < -0.4 is 5.32 Å². The molecule has 3 rings (SSSR count). The highest BCUT2D eigenvalue weighted by Gasteiger charge is 2.15. The average molecular weight is 266 g/mol. The zero-order valence-electron chi connectivity index (χ0n) is 12.3. The summed E-state index contributed by atoms with van der Waals surface area (Å²) in [5, 5.41) is 3.66. The maximum Gasteiger partial charge on any atom is 0.0315 e. The molecule has 0 radical (unpaired) electrons. The Balaban J connectivity index is 1.71. The van der Waals surface area contributed by atoms with Crippen molar-refractivity contribution < 1.29 is 0 Å². The molecule has 1 aliphatic rings. The molecule has 0 aliphatic heterocycles. The molecule has 0 saturated heterocycles. The van der Waals surface area contributed by atoms with Gasteiger partial charge >= 0.3 is 0 Å². The summed E-state index contributed by atoms with van der Waals surface area (Å²) in [4.78, 5) is 4.19. The predicted octanol–water partition coefficient (Wildman–Crippen LogP) is 3.98. The molecule has 1 N–H and O–H groups in total. The minimum absolute atomic E-state index is 0.312. The third kappa shape index (κ3) is 2.75. The third-order valence-electron chi connectivity index (χ3n) is 4.31. The fraction of sp³-hybridized carbons (Fsp3) is 0.389. The van der Waals surface area contributed by atoms with Crippen molar-refractivity contribution in [2.24, 2.45) is 0 Å². The van der Waals surface area contributed by atoms with Crippen LogP contribution in [0.5, 0.6) is 0 Å². The van der Waals surface area contributed by atoms with Gasteiger partial charge in [0.05, 0.1) is 0 Å². The molecule has 0 saturated carbocycles. The molecule has 2 atom stereocenters. The van der Waals surface area contributed by atoms with Crippen molar-refractivity contribution in [1.82, 2.24) is 10.3 Å². The number of hydrogen-bond acceptors (Lipinski definition) is 2. The van der Waals surface area contributed by atoms with Crippen LogP contribution in [0.1, 0.15) is 54.6 Å². The Morgan fingerprint density at radius 3 is 2.60 bits per heavy atom. The van der Waals surface area contributed by atoms with E-state index in [9.17, 15) is 0 Å². The maximum atomic E-state index is 4.19. The molecule has 2 heteroatoms. The summed E-state index contributed by atoms with van der Waals surface area (Å²) in [7, 11) is 0. The van der Waals surface area contributed by atoms with Gasteiger partial charge in [0.2, 0.25) is 0 Å². The molecule has 1 aromatic carbocycles. The molecule has 1 aromatic heterocycles. The lowest BCUT2D eigenvalue weighted by molar-refractivity contribution is 0.493. The van der Waals surface area contributed by atoms with Crippen molar-refractivity contribution in [3.63, 3.8) is 0 Å². The van der Waals surface area contributed by atoms with Crippen LogP contribution in [0, 0.1) is 0 Å². The fourth-order valence-electron chi connectivity index (χ4n) is 3.06. The van der Waals surface area contributed by atoms with Crippen molar-refractivity contribution in [2.45, 2.75) is 45.2 Å². The first-order valence-electron chi connectivity index (χ1n) is 7.51. The minimum atomic E-state index is 0.312. The Hall–Kier alpha value is -1.67. The Morgan fingerprint density at radius 1 is 1.00 bits per heavy atom. The van der Waals surface area contributed by atoms with E-state index in [4.69, 9.17) is 0 Å². The number of fused-ring (bicyclic) bond motifs is 1. The lowest BCUT2D eigenvalue weighted by Crippen LogP contribution is -2.22. The van der Waals surface area contributed by atoms with Crippen molar-refractivity contribution in [3.8, 4) is 0 Å². The highest BCUT2D eigenvalue weighted by molar-refractivity contribution is 5.36. The van der Waals surface area contributed by atoms with Crippen LogP contribution in [-0.2, 0) is 12.8 Å². The van der Waals surface area contributed by atoms with Gasteiger partial charge in [-0.05, 0) is 61.4 Å². The quantitative estimate of drug-likeness (QED) is 0.905. The van der Waals surface area contributed by atoms with E-state index in [1.165, 1.54) is 30.4 Å². The van der Waals surface area contributed by atoms with E-state index in [0.29, 0.717) is 12.1 Å². The second-order valence-corrected chi connectivity index (χ2v) is 5.78. The summed E-state index contributed by atoms with van der Waals surface area (Å²) in [5.74, 6) is 0. The zero-order chi connectivity index (χ0) is 13.9. The smallest absolute Gasteiger partial charge is 0.0315 e. The number of pyridine rings is 1. The first-order valence-corrected chi connectivity index (χ1v) is 7.51. The SMILES string of the molecule is CC(N[C@H](C)c1cccnc1)c1ccc2c(c1)CCC2. The summed E-state index contributed by atoms with van der Waals surface area (Å²) in [6.07, 6.45) is 7.57. The van der Waals surface area contributed by atoms with Crippen LogP contribution in [0.15, 0.2) is 42.7 Å². The first-order chi connectivity index (χ1) is 9.74. The van der Waals surface area contributed by atoms with Crippen LogP contribution in [0.4, 0.5) is 0 Å². The predicted molar refractivity (Wildman–Crippen MR) is 82.7 cm³/mol. The Bertz CT molecular complexity index is 577. The summed E-state index contributed by atoms with van der Waals surface area (Å²) in [6, 6.07) is 11.8. The average Bonchev–Trinajstić information content (AvgIpc) is 2.95. The molecule has 20 heavy (non-hydrogen) atoms. The van der Waals surface area contributed by atoms with E-state index in [2.05, 4.69) is 48.4 Å². The number of aromatic nitrogens is 1. The minimum Gasteiger partial charge on any atom is -0.304 e. The maximum absolute atomic E-state index is 4.19.